The first-order valence-corrected chi connectivity index (χ1v) is 11.8. The summed E-state index contributed by atoms with van der Waals surface area (Å²) < 4.78 is 0. The molecule has 1 heterocycles. The van der Waals surface area contributed by atoms with Crippen LogP contribution in [0.5, 0.6) is 0 Å². The highest BCUT2D eigenvalue weighted by molar-refractivity contribution is 6.35. The molecule has 5 heteroatoms. The molecule has 32 heavy (non-hydrogen) atoms. The van der Waals surface area contributed by atoms with Gasteiger partial charge < -0.3 is 9.80 Å². The van der Waals surface area contributed by atoms with E-state index in [1.807, 2.05) is 44.4 Å². The summed E-state index contributed by atoms with van der Waals surface area (Å²) in [5, 5.41) is 1.35. The molecule has 4 rings (SSSR count). The van der Waals surface area contributed by atoms with Crippen LogP contribution in [-0.4, -0.2) is 37.9 Å². The van der Waals surface area contributed by atoms with Gasteiger partial charge in [-0.15, -0.1) is 0 Å². The van der Waals surface area contributed by atoms with E-state index in [9.17, 15) is 4.79 Å². The highest BCUT2D eigenvalue weighted by Gasteiger charge is 2.21. The average molecular weight is 467 g/mol. The van der Waals surface area contributed by atoms with Crippen molar-refractivity contribution >= 4 is 34.7 Å². The zero-order chi connectivity index (χ0) is 22.7. The number of Topliss-reactive ketones (excluding diaryl/α,β-unsaturated/α-hetero) is 1. The number of hydrogen-bond donors (Lipinski definition) is 0. The Kier molecular flexibility index (Phi) is 7.20. The van der Waals surface area contributed by atoms with Gasteiger partial charge in [0.15, 0.2) is 5.78 Å². The molecule has 0 aromatic heterocycles. The van der Waals surface area contributed by atoms with Crippen molar-refractivity contribution in [3.05, 3.63) is 87.4 Å². The Hall–Kier alpha value is -2.33. The van der Waals surface area contributed by atoms with Crippen molar-refractivity contribution in [3.63, 3.8) is 0 Å². The van der Waals surface area contributed by atoms with Gasteiger partial charge in [-0.1, -0.05) is 59.6 Å². The smallest absolute Gasteiger partial charge is 0.162 e. The minimum atomic E-state index is 0.203. The Bertz CT molecular complexity index is 1130. The molecule has 0 N–H and O–H groups in total. The van der Waals surface area contributed by atoms with E-state index in [0.717, 1.165) is 54.7 Å². The van der Waals surface area contributed by atoms with Crippen LogP contribution in [0.15, 0.2) is 60.7 Å². The number of hydrogen-bond acceptors (Lipinski definition) is 3. The van der Waals surface area contributed by atoms with Crippen LogP contribution >= 0.6 is 23.2 Å². The maximum Gasteiger partial charge on any atom is 0.162 e. The number of ketones is 1. The van der Waals surface area contributed by atoms with E-state index in [1.54, 1.807) is 6.07 Å². The normalized spacial score (nSPS) is 13.0. The molecular formula is C27H28Cl2N2O. The van der Waals surface area contributed by atoms with Crippen LogP contribution in [0.3, 0.4) is 0 Å². The van der Waals surface area contributed by atoms with Crippen molar-refractivity contribution < 1.29 is 4.79 Å². The lowest BCUT2D eigenvalue weighted by Gasteiger charge is -2.21. The molecule has 0 aliphatic carbocycles. The van der Waals surface area contributed by atoms with E-state index in [-0.39, 0.29) is 5.78 Å². The van der Waals surface area contributed by atoms with Gasteiger partial charge in [0.1, 0.15) is 0 Å². The Morgan fingerprint density at radius 2 is 1.81 bits per heavy atom. The Labute approximate surface area is 200 Å². The molecular weight excluding hydrogens is 439 g/mol. The molecule has 3 nitrogen and oxygen atoms in total. The predicted molar refractivity (Wildman–Crippen MR) is 135 cm³/mol. The summed E-state index contributed by atoms with van der Waals surface area (Å²) in [6, 6.07) is 20.3. The number of rotatable bonds is 8. The van der Waals surface area contributed by atoms with Gasteiger partial charge in [-0.3, -0.25) is 4.79 Å². The summed E-state index contributed by atoms with van der Waals surface area (Å²) in [4.78, 5) is 17.1. The van der Waals surface area contributed by atoms with Gasteiger partial charge in [-0.05, 0) is 80.0 Å². The summed E-state index contributed by atoms with van der Waals surface area (Å²) in [5.74, 6) is 0.203. The average Bonchev–Trinajstić information content (AvgIpc) is 3.17. The highest BCUT2D eigenvalue weighted by atomic mass is 35.5. The van der Waals surface area contributed by atoms with Crippen molar-refractivity contribution in [2.24, 2.45) is 0 Å². The molecule has 1 aliphatic rings. The molecule has 0 spiro atoms. The predicted octanol–water partition coefficient (Wildman–Crippen LogP) is 6.75. The van der Waals surface area contributed by atoms with Crippen LogP contribution in [-0.2, 0) is 13.0 Å². The van der Waals surface area contributed by atoms with Crippen molar-refractivity contribution in [1.82, 2.24) is 4.90 Å². The van der Waals surface area contributed by atoms with E-state index in [2.05, 4.69) is 34.1 Å². The lowest BCUT2D eigenvalue weighted by atomic mass is 9.98. The molecule has 0 saturated carbocycles. The SMILES string of the molecule is CN(C)CCCC(=O)c1cccc(-c2ccc3c(c2)N(Cc2ccc(Cl)cc2Cl)CC3)c1. The Balaban J connectivity index is 1.54. The van der Waals surface area contributed by atoms with Gasteiger partial charge in [0.05, 0.1) is 0 Å². The van der Waals surface area contributed by atoms with Crippen LogP contribution in [0.2, 0.25) is 10.0 Å². The number of benzene rings is 3. The number of nitrogens with zero attached hydrogens (tertiary/aromatic N) is 2. The summed E-state index contributed by atoms with van der Waals surface area (Å²) >= 11 is 12.5. The van der Waals surface area contributed by atoms with E-state index in [1.165, 1.54) is 11.3 Å². The Morgan fingerprint density at radius 3 is 2.59 bits per heavy atom. The van der Waals surface area contributed by atoms with Crippen LogP contribution in [0.25, 0.3) is 11.1 Å². The molecule has 0 saturated heterocycles. The minimum Gasteiger partial charge on any atom is -0.367 e. The number of carbonyl (C=O) groups excluding carboxylic acids is 1. The first kappa shape index (κ1) is 22.8. The van der Waals surface area contributed by atoms with Crippen LogP contribution in [0, 0.1) is 0 Å². The zero-order valence-corrected chi connectivity index (χ0v) is 20.1. The van der Waals surface area contributed by atoms with E-state index in [4.69, 9.17) is 23.2 Å². The minimum absolute atomic E-state index is 0.203. The van der Waals surface area contributed by atoms with Gasteiger partial charge in [-0.25, -0.2) is 0 Å². The molecule has 1 aliphatic heterocycles. The van der Waals surface area contributed by atoms with Gasteiger partial charge in [0.25, 0.3) is 0 Å². The molecule has 0 atom stereocenters. The fraction of sp³-hybridized carbons (Fsp3) is 0.296. The largest absolute Gasteiger partial charge is 0.367 e. The highest BCUT2D eigenvalue weighted by Crippen LogP contribution is 2.35. The van der Waals surface area contributed by atoms with Crippen molar-refractivity contribution in [1.29, 1.82) is 0 Å². The fourth-order valence-electron chi connectivity index (χ4n) is 4.22. The molecule has 3 aromatic rings. The van der Waals surface area contributed by atoms with Crippen molar-refractivity contribution in [3.8, 4) is 11.1 Å². The third-order valence-electron chi connectivity index (χ3n) is 5.98. The molecule has 0 unspecified atom stereocenters. The molecule has 3 aromatic carbocycles. The van der Waals surface area contributed by atoms with E-state index >= 15 is 0 Å². The van der Waals surface area contributed by atoms with Crippen molar-refractivity contribution in [2.75, 3.05) is 32.1 Å². The van der Waals surface area contributed by atoms with Gasteiger partial charge in [0.2, 0.25) is 0 Å². The van der Waals surface area contributed by atoms with Gasteiger partial charge in [0, 0.05) is 40.8 Å². The summed E-state index contributed by atoms with van der Waals surface area (Å²) in [5.41, 5.74) is 6.63. The first-order valence-electron chi connectivity index (χ1n) is 11.0. The molecule has 0 radical (unpaired) electrons. The lowest BCUT2D eigenvalue weighted by Crippen LogP contribution is -2.19. The molecule has 0 fully saturated rings. The number of fused-ring (bicyclic) bond motifs is 1. The quantitative estimate of drug-likeness (QED) is 0.343. The maximum absolute atomic E-state index is 12.7. The topological polar surface area (TPSA) is 23.6 Å². The Morgan fingerprint density at radius 1 is 1.00 bits per heavy atom. The fourth-order valence-corrected chi connectivity index (χ4v) is 4.69. The standard InChI is InChI=1S/C27H28Cl2N2O/c1-30(2)13-4-7-27(32)22-6-3-5-20(15-22)21-9-8-19-12-14-31(26(19)16-21)18-23-10-11-24(28)17-25(23)29/h3,5-6,8-11,15-17H,4,7,12-14,18H2,1-2H3. The van der Waals surface area contributed by atoms with Gasteiger partial charge in [-0.2, -0.15) is 0 Å². The van der Waals surface area contributed by atoms with Crippen LogP contribution < -0.4 is 4.90 Å². The first-order chi connectivity index (χ1) is 15.4. The van der Waals surface area contributed by atoms with Crippen LogP contribution in [0.1, 0.15) is 34.3 Å². The number of anilines is 1. The maximum atomic E-state index is 12.7. The van der Waals surface area contributed by atoms with Gasteiger partial charge >= 0.3 is 0 Å². The molecule has 0 bridgehead atoms. The molecule has 0 amide bonds. The summed E-state index contributed by atoms with van der Waals surface area (Å²) in [6.45, 7) is 2.63. The second kappa shape index (κ2) is 10.1. The second-order valence-corrected chi connectivity index (χ2v) is 9.51. The van der Waals surface area contributed by atoms with E-state index in [0.29, 0.717) is 16.5 Å². The third kappa shape index (κ3) is 5.35. The lowest BCUT2D eigenvalue weighted by molar-refractivity contribution is 0.0977. The zero-order valence-electron chi connectivity index (χ0n) is 18.6. The second-order valence-electron chi connectivity index (χ2n) is 8.66. The monoisotopic (exact) mass is 466 g/mol. The summed E-state index contributed by atoms with van der Waals surface area (Å²) in [6.07, 6.45) is 2.46. The summed E-state index contributed by atoms with van der Waals surface area (Å²) in [7, 11) is 4.06. The van der Waals surface area contributed by atoms with Crippen molar-refractivity contribution in [2.45, 2.75) is 25.8 Å². The molecule has 166 valence electrons. The number of halogens is 2. The number of carbonyl (C=O) groups is 1. The van der Waals surface area contributed by atoms with Crippen LogP contribution in [0.4, 0.5) is 5.69 Å². The van der Waals surface area contributed by atoms with E-state index < -0.39 is 0 Å². The third-order valence-corrected chi connectivity index (χ3v) is 6.57.